The first-order valence-corrected chi connectivity index (χ1v) is 8.46. The Morgan fingerprint density at radius 3 is 2.14 bits per heavy atom. The fraction of sp³-hybridized carbons (Fsp3) is 0.333. The van der Waals surface area contributed by atoms with Crippen LogP contribution in [-0.4, -0.2) is 40.6 Å². The predicted octanol–water partition coefficient (Wildman–Crippen LogP) is 0.116. The Bertz CT molecular complexity index is 679. The first-order valence-electron chi connectivity index (χ1n) is 5.52. The Morgan fingerprint density at radius 2 is 1.77 bits per heavy atom. The second-order valence-corrected chi connectivity index (χ2v) is 6.77. The molecule has 0 amide bonds. The maximum Gasteiger partial charge on any atom is 0.472 e. The number of aliphatic hydroxyl groups excluding tert-OH is 1. The lowest BCUT2D eigenvalue weighted by Gasteiger charge is -2.20. The van der Waals surface area contributed by atoms with Crippen molar-refractivity contribution in [1.82, 2.24) is 0 Å². The fourth-order valence-electron chi connectivity index (χ4n) is 1.24. The molecule has 0 fully saturated rings. The van der Waals surface area contributed by atoms with E-state index in [-0.39, 0.29) is 5.69 Å². The fourth-order valence-corrected chi connectivity index (χ4v) is 2.81. The number of hydrogen-bond acceptors (Lipinski definition) is 8. The number of rotatable bonds is 7. The van der Waals surface area contributed by atoms with Gasteiger partial charge in [0.2, 0.25) is 6.29 Å². The molecule has 124 valence electrons. The van der Waals surface area contributed by atoms with Crippen molar-refractivity contribution in [1.29, 1.82) is 0 Å². The van der Waals surface area contributed by atoms with Crippen molar-refractivity contribution in [2.24, 2.45) is 0 Å². The molecule has 1 aromatic rings. The van der Waals surface area contributed by atoms with Gasteiger partial charge in [-0.05, 0) is 19.1 Å². The second-order valence-electron chi connectivity index (χ2n) is 4.01. The number of non-ortho nitro benzene ring substituents is 1. The monoisotopic (exact) mass is 357 g/mol. The zero-order valence-electron chi connectivity index (χ0n) is 11.0. The molecule has 0 saturated carbocycles. The van der Waals surface area contributed by atoms with E-state index in [0.717, 1.165) is 31.2 Å². The summed E-state index contributed by atoms with van der Waals surface area (Å²) < 4.78 is 42.9. The van der Waals surface area contributed by atoms with Gasteiger partial charge in [0, 0.05) is 12.1 Å². The van der Waals surface area contributed by atoms with Crippen LogP contribution in [0.5, 0.6) is 0 Å². The van der Waals surface area contributed by atoms with Gasteiger partial charge >= 0.3 is 7.82 Å². The minimum absolute atomic E-state index is 0.363. The van der Waals surface area contributed by atoms with E-state index in [9.17, 15) is 28.2 Å². The van der Waals surface area contributed by atoms with Crippen molar-refractivity contribution < 1.29 is 41.5 Å². The van der Waals surface area contributed by atoms with E-state index in [2.05, 4.69) is 8.71 Å². The van der Waals surface area contributed by atoms with Gasteiger partial charge in [-0.3, -0.25) is 14.6 Å². The van der Waals surface area contributed by atoms with Crippen LogP contribution in [-0.2, 0) is 23.4 Å². The molecule has 0 aromatic heterocycles. The van der Waals surface area contributed by atoms with Crippen LogP contribution in [0.3, 0.4) is 0 Å². The van der Waals surface area contributed by atoms with Crippen molar-refractivity contribution in [3.63, 3.8) is 0 Å². The number of benzene rings is 1. The summed E-state index contributed by atoms with van der Waals surface area (Å²) >= 11 is 0. The molecule has 0 bridgehead atoms. The Balaban J connectivity index is 3.02. The smallest absolute Gasteiger partial charge is 0.388 e. The first-order chi connectivity index (χ1) is 9.92. The number of hydrogen-bond donors (Lipinski definition) is 3. The van der Waals surface area contributed by atoms with Crippen LogP contribution in [0.4, 0.5) is 5.69 Å². The van der Waals surface area contributed by atoms with Crippen LogP contribution >= 0.6 is 7.82 Å². The third-order valence-corrected chi connectivity index (χ3v) is 3.97. The number of phosphoric ester groups is 1. The highest BCUT2D eigenvalue weighted by atomic mass is 32.2. The van der Waals surface area contributed by atoms with Crippen LogP contribution in [0, 0.1) is 10.1 Å². The highest BCUT2D eigenvalue weighted by molar-refractivity contribution is 7.86. The summed E-state index contributed by atoms with van der Waals surface area (Å²) in [6.45, 7) is 0.992. The van der Waals surface area contributed by atoms with E-state index in [0.29, 0.717) is 0 Å². The standard InChI is InChI=1S/C9H12NO10PS/c1-6(11)9(19-21(14,15)16)20-22(17,18)8-4-2-7(3-5-8)10(12)13/h2-6,9,11H,1H3,(H2,14,15,16)/t6-,9-/m0/s1. The lowest BCUT2D eigenvalue weighted by atomic mass is 10.3. The largest absolute Gasteiger partial charge is 0.472 e. The Kier molecular flexibility index (Phi) is 5.76. The Morgan fingerprint density at radius 1 is 1.27 bits per heavy atom. The molecule has 2 atom stereocenters. The number of nitrogens with zero attached hydrogens (tertiary/aromatic N) is 1. The molecule has 0 aliphatic rings. The van der Waals surface area contributed by atoms with Crippen LogP contribution < -0.4 is 0 Å². The first kappa shape index (κ1) is 18.6. The maximum atomic E-state index is 11.9. The van der Waals surface area contributed by atoms with Gasteiger partial charge in [0.25, 0.3) is 15.8 Å². The number of aliphatic hydroxyl groups is 1. The molecule has 0 unspecified atom stereocenters. The third kappa shape index (κ3) is 5.42. The van der Waals surface area contributed by atoms with Crippen molar-refractivity contribution in [2.75, 3.05) is 0 Å². The molecule has 3 N–H and O–H groups in total. The summed E-state index contributed by atoms with van der Waals surface area (Å²) in [5.41, 5.74) is -0.363. The Labute approximate surface area is 124 Å². The van der Waals surface area contributed by atoms with Gasteiger partial charge in [-0.15, -0.1) is 0 Å². The quantitative estimate of drug-likeness (QED) is 0.200. The molecular formula is C9H12NO10PS. The zero-order chi connectivity index (χ0) is 17.1. The zero-order valence-corrected chi connectivity index (χ0v) is 12.7. The predicted molar refractivity (Wildman–Crippen MR) is 70.0 cm³/mol. The molecular weight excluding hydrogens is 345 g/mol. The molecule has 0 saturated heterocycles. The summed E-state index contributed by atoms with van der Waals surface area (Å²) in [4.78, 5) is 26.5. The summed E-state index contributed by atoms with van der Waals surface area (Å²) in [5, 5.41) is 19.7. The minimum Gasteiger partial charge on any atom is -0.388 e. The van der Waals surface area contributed by atoms with Gasteiger partial charge in [-0.25, -0.2) is 8.75 Å². The average molecular weight is 357 g/mol. The summed E-state index contributed by atoms with van der Waals surface area (Å²) in [7, 11) is -9.68. The molecule has 1 aromatic carbocycles. The number of nitro benzene ring substituents is 1. The number of nitro groups is 1. The van der Waals surface area contributed by atoms with Crippen molar-refractivity contribution in [2.45, 2.75) is 24.2 Å². The van der Waals surface area contributed by atoms with Gasteiger partial charge in [-0.1, -0.05) is 0 Å². The summed E-state index contributed by atoms with van der Waals surface area (Å²) in [5.74, 6) is 0. The van der Waals surface area contributed by atoms with Crippen LogP contribution in [0.2, 0.25) is 0 Å². The van der Waals surface area contributed by atoms with E-state index in [1.165, 1.54) is 0 Å². The van der Waals surface area contributed by atoms with Gasteiger partial charge < -0.3 is 14.9 Å². The number of phosphoric acid groups is 1. The lowest BCUT2D eigenvalue weighted by Crippen LogP contribution is -2.31. The molecule has 11 nitrogen and oxygen atoms in total. The summed E-state index contributed by atoms with van der Waals surface area (Å²) in [6, 6.07) is 3.53. The average Bonchev–Trinajstić information content (AvgIpc) is 2.36. The highest BCUT2D eigenvalue weighted by Gasteiger charge is 2.32. The van der Waals surface area contributed by atoms with E-state index in [1.807, 2.05) is 0 Å². The lowest BCUT2D eigenvalue weighted by molar-refractivity contribution is -0.384. The van der Waals surface area contributed by atoms with E-state index in [4.69, 9.17) is 9.79 Å². The Hall–Kier alpha value is -1.40. The van der Waals surface area contributed by atoms with Crippen LogP contribution in [0.1, 0.15) is 6.92 Å². The molecule has 0 radical (unpaired) electrons. The second kappa shape index (κ2) is 6.79. The SMILES string of the molecule is C[C@H](O)[C@@H](OP(=O)(O)O)OS(=O)(=O)c1ccc([N+](=O)[O-])cc1. The molecule has 22 heavy (non-hydrogen) atoms. The van der Waals surface area contributed by atoms with Gasteiger partial charge in [0.1, 0.15) is 6.10 Å². The van der Waals surface area contributed by atoms with Crippen LogP contribution in [0.25, 0.3) is 0 Å². The molecule has 0 aliphatic carbocycles. The van der Waals surface area contributed by atoms with E-state index >= 15 is 0 Å². The van der Waals surface area contributed by atoms with Gasteiger partial charge in [-0.2, -0.15) is 8.42 Å². The van der Waals surface area contributed by atoms with Crippen LogP contribution in [0.15, 0.2) is 29.2 Å². The highest BCUT2D eigenvalue weighted by Crippen LogP contribution is 2.39. The van der Waals surface area contributed by atoms with Crippen molar-refractivity contribution in [3.05, 3.63) is 34.4 Å². The molecule has 13 heteroatoms. The van der Waals surface area contributed by atoms with Gasteiger partial charge in [0.05, 0.1) is 9.82 Å². The van der Waals surface area contributed by atoms with E-state index in [1.54, 1.807) is 0 Å². The minimum atomic E-state index is -5.11. The topological polar surface area (TPSA) is 174 Å². The molecule has 0 spiro atoms. The normalized spacial score (nSPS) is 15.3. The third-order valence-electron chi connectivity index (χ3n) is 2.19. The van der Waals surface area contributed by atoms with Crippen molar-refractivity contribution in [3.8, 4) is 0 Å². The molecule has 1 rings (SSSR count). The van der Waals surface area contributed by atoms with Crippen molar-refractivity contribution >= 4 is 23.6 Å². The maximum absolute atomic E-state index is 11.9. The summed E-state index contributed by atoms with van der Waals surface area (Å²) in [6.07, 6.45) is -3.83. The molecule has 0 aliphatic heterocycles. The van der Waals surface area contributed by atoms with E-state index < -0.39 is 40.2 Å². The molecule has 0 heterocycles. The van der Waals surface area contributed by atoms with Gasteiger partial charge in [0.15, 0.2) is 0 Å².